The molecule has 2 nitrogen and oxygen atoms in total. The van der Waals surface area contributed by atoms with Gasteiger partial charge in [0.15, 0.2) is 0 Å². The van der Waals surface area contributed by atoms with Crippen LogP contribution in [0, 0.1) is 5.82 Å². The summed E-state index contributed by atoms with van der Waals surface area (Å²) in [6, 6.07) is 18.2. The van der Waals surface area contributed by atoms with Crippen molar-refractivity contribution in [2.75, 3.05) is 19.6 Å². The number of piperidine rings is 1. The smallest absolute Gasteiger partial charge is 0.123 e. The normalized spacial score (nSPS) is 15.9. The molecule has 0 unspecified atom stereocenters. The van der Waals surface area contributed by atoms with E-state index in [2.05, 4.69) is 40.5 Å². The second-order valence-electron chi connectivity index (χ2n) is 6.32. The fourth-order valence-corrected chi connectivity index (χ4v) is 3.35. The molecule has 2 aromatic carbocycles. The van der Waals surface area contributed by atoms with E-state index in [0.29, 0.717) is 6.04 Å². The molecule has 3 rings (SSSR count). The number of rotatable bonds is 6. The van der Waals surface area contributed by atoms with Gasteiger partial charge >= 0.3 is 0 Å². The molecule has 0 amide bonds. The highest BCUT2D eigenvalue weighted by atomic mass is 19.1. The van der Waals surface area contributed by atoms with Gasteiger partial charge in [-0.3, -0.25) is 4.90 Å². The number of hydrogen-bond acceptors (Lipinski definition) is 2. The summed E-state index contributed by atoms with van der Waals surface area (Å²) in [7, 11) is 0. The Morgan fingerprint density at radius 3 is 2.43 bits per heavy atom. The second-order valence-corrected chi connectivity index (χ2v) is 6.32. The minimum absolute atomic E-state index is 0.143. The number of benzene rings is 2. The molecule has 0 bridgehead atoms. The van der Waals surface area contributed by atoms with Gasteiger partial charge in [0, 0.05) is 19.1 Å². The highest BCUT2D eigenvalue weighted by Crippen LogP contribution is 2.17. The van der Waals surface area contributed by atoms with Crippen LogP contribution in [0.3, 0.4) is 0 Å². The first-order valence-electron chi connectivity index (χ1n) is 8.54. The Balaban J connectivity index is 1.67. The van der Waals surface area contributed by atoms with Crippen LogP contribution >= 0.6 is 0 Å². The topological polar surface area (TPSA) is 15.3 Å². The van der Waals surface area contributed by atoms with Crippen LogP contribution in [0.5, 0.6) is 0 Å². The zero-order chi connectivity index (χ0) is 15.9. The molecule has 0 spiro atoms. The van der Waals surface area contributed by atoms with Crippen LogP contribution in [0.4, 0.5) is 4.39 Å². The van der Waals surface area contributed by atoms with Crippen molar-refractivity contribution < 1.29 is 4.39 Å². The third kappa shape index (κ3) is 4.88. The minimum atomic E-state index is -0.143. The van der Waals surface area contributed by atoms with E-state index in [1.54, 1.807) is 6.07 Å². The van der Waals surface area contributed by atoms with Crippen LogP contribution in [0.25, 0.3) is 0 Å². The Morgan fingerprint density at radius 2 is 1.70 bits per heavy atom. The largest absolute Gasteiger partial charge is 0.317 e. The molecule has 0 radical (unpaired) electrons. The lowest BCUT2D eigenvalue weighted by molar-refractivity contribution is 0.155. The number of hydrogen-bond donors (Lipinski definition) is 1. The van der Waals surface area contributed by atoms with Crippen LogP contribution in [-0.4, -0.2) is 30.6 Å². The lowest BCUT2D eigenvalue weighted by Crippen LogP contribution is -2.43. The lowest BCUT2D eigenvalue weighted by atomic mass is 10.0. The van der Waals surface area contributed by atoms with Gasteiger partial charge in [-0.15, -0.1) is 0 Å². The summed E-state index contributed by atoms with van der Waals surface area (Å²) in [6.45, 7) is 4.01. The second kappa shape index (κ2) is 8.23. The zero-order valence-electron chi connectivity index (χ0n) is 13.5. The number of halogens is 1. The summed E-state index contributed by atoms with van der Waals surface area (Å²) in [6.07, 6.45) is 3.38. The van der Waals surface area contributed by atoms with Crippen molar-refractivity contribution in [1.82, 2.24) is 10.2 Å². The zero-order valence-corrected chi connectivity index (χ0v) is 13.5. The average Bonchev–Trinajstić information content (AvgIpc) is 2.60. The highest BCUT2D eigenvalue weighted by molar-refractivity contribution is 5.17. The number of nitrogens with one attached hydrogen (secondary N) is 1. The molecule has 1 saturated heterocycles. The molecule has 0 aliphatic carbocycles. The van der Waals surface area contributed by atoms with E-state index in [4.69, 9.17) is 0 Å². The molecule has 1 N–H and O–H groups in total. The third-order valence-corrected chi connectivity index (χ3v) is 4.63. The molecule has 3 heteroatoms. The maximum Gasteiger partial charge on any atom is 0.123 e. The first-order valence-corrected chi connectivity index (χ1v) is 8.54. The molecule has 0 aromatic heterocycles. The molecule has 1 heterocycles. The standard InChI is InChI=1S/C20H25FN2/c21-19-8-4-7-18(15-19)16-23(20-9-12-22-13-10-20)14-11-17-5-2-1-3-6-17/h1-8,15,20,22H,9-14,16H2. The third-order valence-electron chi connectivity index (χ3n) is 4.63. The quantitative estimate of drug-likeness (QED) is 0.876. The molecule has 1 aliphatic heterocycles. The first kappa shape index (κ1) is 16.2. The van der Waals surface area contributed by atoms with Gasteiger partial charge in [-0.05, 0) is 55.6 Å². The molecule has 0 atom stereocenters. The number of nitrogens with zero attached hydrogens (tertiary/aromatic N) is 1. The van der Waals surface area contributed by atoms with E-state index in [-0.39, 0.29) is 5.82 Å². The van der Waals surface area contributed by atoms with E-state index in [0.717, 1.165) is 38.2 Å². The summed E-state index contributed by atoms with van der Waals surface area (Å²) in [5, 5.41) is 3.43. The van der Waals surface area contributed by atoms with Crippen molar-refractivity contribution in [3.05, 3.63) is 71.5 Å². The Morgan fingerprint density at radius 1 is 0.957 bits per heavy atom. The lowest BCUT2D eigenvalue weighted by Gasteiger charge is -2.35. The van der Waals surface area contributed by atoms with Crippen LogP contribution in [0.15, 0.2) is 54.6 Å². The maximum atomic E-state index is 13.5. The van der Waals surface area contributed by atoms with Crippen LogP contribution < -0.4 is 5.32 Å². The van der Waals surface area contributed by atoms with Gasteiger partial charge < -0.3 is 5.32 Å². The van der Waals surface area contributed by atoms with Crippen molar-refractivity contribution in [2.45, 2.75) is 31.8 Å². The minimum Gasteiger partial charge on any atom is -0.317 e. The summed E-state index contributed by atoms with van der Waals surface area (Å²) in [5.41, 5.74) is 2.43. The van der Waals surface area contributed by atoms with Gasteiger partial charge in [0.25, 0.3) is 0 Å². The molecular formula is C20H25FN2. The van der Waals surface area contributed by atoms with E-state index in [9.17, 15) is 4.39 Å². The van der Waals surface area contributed by atoms with Crippen LogP contribution in [0.1, 0.15) is 24.0 Å². The van der Waals surface area contributed by atoms with E-state index >= 15 is 0 Å². The summed E-state index contributed by atoms with van der Waals surface area (Å²) in [5.74, 6) is -0.143. The van der Waals surface area contributed by atoms with Gasteiger partial charge in [-0.2, -0.15) is 0 Å². The summed E-state index contributed by atoms with van der Waals surface area (Å²) < 4.78 is 13.5. The van der Waals surface area contributed by atoms with Crippen molar-refractivity contribution in [2.24, 2.45) is 0 Å². The Bertz CT molecular complexity index is 594. The van der Waals surface area contributed by atoms with E-state index < -0.39 is 0 Å². The van der Waals surface area contributed by atoms with Gasteiger partial charge in [0.1, 0.15) is 5.82 Å². The molecule has 2 aromatic rings. The molecule has 1 aliphatic rings. The van der Waals surface area contributed by atoms with Crippen LogP contribution in [0.2, 0.25) is 0 Å². The van der Waals surface area contributed by atoms with E-state index in [1.165, 1.54) is 24.5 Å². The summed E-state index contributed by atoms with van der Waals surface area (Å²) >= 11 is 0. The fraction of sp³-hybridized carbons (Fsp3) is 0.400. The van der Waals surface area contributed by atoms with Gasteiger partial charge in [-0.25, -0.2) is 4.39 Å². The average molecular weight is 312 g/mol. The maximum absolute atomic E-state index is 13.5. The monoisotopic (exact) mass is 312 g/mol. The SMILES string of the molecule is Fc1cccc(CN(CCc2ccccc2)C2CCNCC2)c1. The Hall–Kier alpha value is -1.71. The highest BCUT2D eigenvalue weighted by Gasteiger charge is 2.21. The fourth-order valence-electron chi connectivity index (χ4n) is 3.35. The van der Waals surface area contributed by atoms with Gasteiger partial charge in [0.05, 0.1) is 0 Å². The molecule has 0 saturated carbocycles. The predicted molar refractivity (Wildman–Crippen MR) is 92.8 cm³/mol. The first-order chi connectivity index (χ1) is 11.3. The Labute approximate surface area is 138 Å². The van der Waals surface area contributed by atoms with Crippen molar-refractivity contribution in [3.8, 4) is 0 Å². The molecule has 1 fully saturated rings. The molecule has 23 heavy (non-hydrogen) atoms. The van der Waals surface area contributed by atoms with Crippen molar-refractivity contribution >= 4 is 0 Å². The van der Waals surface area contributed by atoms with Gasteiger partial charge in [-0.1, -0.05) is 42.5 Å². The van der Waals surface area contributed by atoms with Gasteiger partial charge in [0.2, 0.25) is 0 Å². The Kier molecular flexibility index (Phi) is 5.78. The summed E-state index contributed by atoms with van der Waals surface area (Å²) in [4.78, 5) is 2.53. The predicted octanol–water partition coefficient (Wildman–Crippen LogP) is 3.62. The molecule has 122 valence electrons. The van der Waals surface area contributed by atoms with E-state index in [1.807, 2.05) is 12.1 Å². The molecular weight excluding hydrogens is 287 g/mol. The van der Waals surface area contributed by atoms with Crippen molar-refractivity contribution in [1.29, 1.82) is 0 Å². The van der Waals surface area contributed by atoms with Crippen molar-refractivity contribution in [3.63, 3.8) is 0 Å². The van der Waals surface area contributed by atoms with Crippen LogP contribution in [-0.2, 0) is 13.0 Å².